The van der Waals surface area contributed by atoms with Gasteiger partial charge in [-0.15, -0.1) is 0 Å². The fourth-order valence-corrected chi connectivity index (χ4v) is 2.04. The monoisotopic (exact) mass is 266 g/mol. The van der Waals surface area contributed by atoms with Gasteiger partial charge in [-0.25, -0.2) is 0 Å². The van der Waals surface area contributed by atoms with Gasteiger partial charge < -0.3 is 10.1 Å². The maximum absolute atomic E-state index is 8.46. The standard InChI is InChI=1S/C14H19ClN2O/c1-10-8-13(18-3)12(11(2)14(10)15)9-17-7-5-4-6-16/h8,17H,4-5,7,9H2,1-3H3. The van der Waals surface area contributed by atoms with E-state index in [1.165, 1.54) is 0 Å². The molecule has 1 aromatic carbocycles. The van der Waals surface area contributed by atoms with Crippen LogP contribution in [0.2, 0.25) is 5.02 Å². The molecule has 0 saturated carbocycles. The summed E-state index contributed by atoms with van der Waals surface area (Å²) in [6.07, 6.45) is 1.44. The molecule has 0 fully saturated rings. The SMILES string of the molecule is COc1cc(C)c(Cl)c(C)c1CNCCCC#N. The van der Waals surface area contributed by atoms with Crippen molar-refractivity contribution in [3.63, 3.8) is 0 Å². The van der Waals surface area contributed by atoms with Crippen molar-refractivity contribution >= 4 is 11.6 Å². The molecule has 0 radical (unpaired) electrons. The van der Waals surface area contributed by atoms with E-state index in [-0.39, 0.29) is 0 Å². The van der Waals surface area contributed by atoms with E-state index in [4.69, 9.17) is 21.6 Å². The molecule has 0 atom stereocenters. The number of nitrogens with zero attached hydrogens (tertiary/aromatic N) is 1. The lowest BCUT2D eigenvalue weighted by Gasteiger charge is -2.15. The average molecular weight is 267 g/mol. The molecule has 0 spiro atoms. The minimum absolute atomic E-state index is 0.581. The largest absolute Gasteiger partial charge is 0.496 e. The summed E-state index contributed by atoms with van der Waals surface area (Å²) in [5.74, 6) is 0.863. The number of benzene rings is 1. The normalized spacial score (nSPS) is 10.2. The molecule has 3 nitrogen and oxygen atoms in total. The molecule has 18 heavy (non-hydrogen) atoms. The molecule has 0 aromatic heterocycles. The van der Waals surface area contributed by atoms with Crippen LogP contribution in [0, 0.1) is 25.2 Å². The molecule has 98 valence electrons. The Kier molecular flexibility index (Phi) is 5.97. The zero-order chi connectivity index (χ0) is 13.5. The number of halogens is 1. The van der Waals surface area contributed by atoms with E-state index in [0.29, 0.717) is 13.0 Å². The summed E-state index contributed by atoms with van der Waals surface area (Å²) in [5, 5.41) is 12.6. The second-order valence-electron chi connectivity index (χ2n) is 4.25. The maximum atomic E-state index is 8.46. The Morgan fingerprint density at radius 2 is 2.17 bits per heavy atom. The minimum Gasteiger partial charge on any atom is -0.496 e. The molecular weight excluding hydrogens is 248 g/mol. The predicted molar refractivity (Wildman–Crippen MR) is 74.0 cm³/mol. The van der Waals surface area contributed by atoms with Crippen LogP contribution in [-0.4, -0.2) is 13.7 Å². The van der Waals surface area contributed by atoms with Crippen molar-refractivity contribution in [2.75, 3.05) is 13.7 Å². The van der Waals surface area contributed by atoms with Crippen molar-refractivity contribution in [2.45, 2.75) is 33.2 Å². The number of nitriles is 1. The number of ether oxygens (including phenoxy) is 1. The van der Waals surface area contributed by atoms with Gasteiger partial charge in [-0.05, 0) is 44.0 Å². The zero-order valence-electron chi connectivity index (χ0n) is 11.1. The number of rotatable bonds is 6. The van der Waals surface area contributed by atoms with Gasteiger partial charge in [-0.1, -0.05) is 11.6 Å². The smallest absolute Gasteiger partial charge is 0.123 e. The van der Waals surface area contributed by atoms with E-state index in [9.17, 15) is 0 Å². The van der Waals surface area contributed by atoms with Gasteiger partial charge in [-0.2, -0.15) is 5.26 Å². The first kappa shape index (κ1) is 14.8. The average Bonchev–Trinajstić information content (AvgIpc) is 2.37. The Hall–Kier alpha value is -1.24. The lowest BCUT2D eigenvalue weighted by atomic mass is 10.0. The summed E-state index contributed by atoms with van der Waals surface area (Å²) in [6, 6.07) is 4.09. The van der Waals surface area contributed by atoms with Gasteiger partial charge in [0.25, 0.3) is 0 Å². The number of unbranched alkanes of at least 4 members (excludes halogenated alkanes) is 1. The van der Waals surface area contributed by atoms with E-state index in [2.05, 4.69) is 11.4 Å². The Morgan fingerprint density at radius 1 is 1.44 bits per heavy atom. The Morgan fingerprint density at radius 3 is 2.78 bits per heavy atom. The van der Waals surface area contributed by atoms with Crippen LogP contribution in [0.15, 0.2) is 6.07 Å². The summed E-state index contributed by atoms with van der Waals surface area (Å²) in [4.78, 5) is 0. The van der Waals surface area contributed by atoms with E-state index >= 15 is 0 Å². The highest BCUT2D eigenvalue weighted by Crippen LogP contribution is 2.31. The molecule has 0 unspecified atom stereocenters. The lowest BCUT2D eigenvalue weighted by Crippen LogP contribution is -2.16. The molecule has 0 saturated heterocycles. The van der Waals surface area contributed by atoms with Crippen LogP contribution in [0.3, 0.4) is 0 Å². The summed E-state index contributed by atoms with van der Waals surface area (Å²) in [5.41, 5.74) is 3.17. The molecular formula is C14H19ClN2O. The van der Waals surface area contributed by atoms with Gasteiger partial charge in [0.15, 0.2) is 0 Å². The van der Waals surface area contributed by atoms with Crippen molar-refractivity contribution in [3.8, 4) is 11.8 Å². The molecule has 0 aliphatic heterocycles. The number of hydrogen-bond donors (Lipinski definition) is 1. The highest BCUT2D eigenvalue weighted by atomic mass is 35.5. The van der Waals surface area contributed by atoms with E-state index in [1.54, 1.807) is 7.11 Å². The third kappa shape index (κ3) is 3.63. The predicted octanol–water partition coefficient (Wildman–Crippen LogP) is 3.36. The summed E-state index contributed by atoms with van der Waals surface area (Å²) in [7, 11) is 1.67. The Bertz CT molecular complexity index is 452. The molecule has 0 amide bonds. The second-order valence-corrected chi connectivity index (χ2v) is 4.63. The van der Waals surface area contributed by atoms with Crippen molar-refractivity contribution < 1.29 is 4.74 Å². The zero-order valence-corrected chi connectivity index (χ0v) is 11.9. The van der Waals surface area contributed by atoms with Crippen molar-refractivity contribution in [2.24, 2.45) is 0 Å². The maximum Gasteiger partial charge on any atom is 0.123 e. The molecule has 1 rings (SSSR count). The van der Waals surface area contributed by atoms with Crippen LogP contribution in [0.4, 0.5) is 0 Å². The number of aryl methyl sites for hydroxylation is 1. The van der Waals surface area contributed by atoms with E-state index in [1.807, 2.05) is 19.9 Å². The molecule has 0 aliphatic rings. The van der Waals surface area contributed by atoms with Gasteiger partial charge in [0.1, 0.15) is 5.75 Å². The highest BCUT2D eigenvalue weighted by Gasteiger charge is 2.11. The van der Waals surface area contributed by atoms with Gasteiger partial charge in [0, 0.05) is 23.6 Å². The van der Waals surface area contributed by atoms with Gasteiger partial charge in [0.2, 0.25) is 0 Å². The number of methoxy groups -OCH3 is 1. The third-order valence-electron chi connectivity index (χ3n) is 2.94. The van der Waals surface area contributed by atoms with Crippen LogP contribution in [-0.2, 0) is 6.54 Å². The Labute approximate surface area is 114 Å². The first-order chi connectivity index (χ1) is 8.61. The van der Waals surface area contributed by atoms with Crippen LogP contribution in [0.25, 0.3) is 0 Å². The van der Waals surface area contributed by atoms with Crippen LogP contribution < -0.4 is 10.1 Å². The summed E-state index contributed by atoms with van der Waals surface area (Å²) >= 11 is 6.25. The van der Waals surface area contributed by atoms with Crippen LogP contribution >= 0.6 is 11.6 Å². The fraction of sp³-hybridized carbons (Fsp3) is 0.500. The molecule has 1 aromatic rings. The molecule has 1 N–H and O–H groups in total. The quantitative estimate of drug-likeness (QED) is 0.803. The Balaban J connectivity index is 2.75. The molecule has 0 bridgehead atoms. The first-order valence-electron chi connectivity index (χ1n) is 6.02. The van der Waals surface area contributed by atoms with E-state index < -0.39 is 0 Å². The molecule has 0 heterocycles. The van der Waals surface area contributed by atoms with Gasteiger partial charge in [0.05, 0.1) is 13.2 Å². The van der Waals surface area contributed by atoms with Crippen molar-refractivity contribution in [1.82, 2.24) is 5.32 Å². The summed E-state index contributed by atoms with van der Waals surface area (Å²) < 4.78 is 5.39. The van der Waals surface area contributed by atoms with E-state index in [0.717, 1.165) is 40.4 Å². The van der Waals surface area contributed by atoms with Gasteiger partial charge >= 0.3 is 0 Å². The highest BCUT2D eigenvalue weighted by molar-refractivity contribution is 6.32. The van der Waals surface area contributed by atoms with Crippen molar-refractivity contribution in [3.05, 3.63) is 27.8 Å². The number of nitrogens with one attached hydrogen (secondary N) is 1. The lowest BCUT2D eigenvalue weighted by molar-refractivity contribution is 0.407. The number of hydrogen-bond acceptors (Lipinski definition) is 3. The second kappa shape index (κ2) is 7.25. The molecule has 4 heteroatoms. The van der Waals surface area contributed by atoms with Crippen LogP contribution in [0.5, 0.6) is 5.75 Å². The first-order valence-corrected chi connectivity index (χ1v) is 6.39. The van der Waals surface area contributed by atoms with Crippen LogP contribution in [0.1, 0.15) is 29.5 Å². The summed E-state index contributed by atoms with van der Waals surface area (Å²) in [6.45, 7) is 5.51. The minimum atomic E-state index is 0.581. The third-order valence-corrected chi connectivity index (χ3v) is 3.52. The molecule has 0 aliphatic carbocycles. The van der Waals surface area contributed by atoms with Gasteiger partial charge in [-0.3, -0.25) is 0 Å². The van der Waals surface area contributed by atoms with Crippen molar-refractivity contribution in [1.29, 1.82) is 5.26 Å². The fourth-order valence-electron chi connectivity index (χ4n) is 1.87. The topological polar surface area (TPSA) is 45.0 Å².